The number of aromatic nitrogens is 4. The highest BCUT2D eigenvalue weighted by molar-refractivity contribution is 5.78. The van der Waals surface area contributed by atoms with E-state index in [0.29, 0.717) is 31.3 Å². The van der Waals surface area contributed by atoms with Gasteiger partial charge in [-0.3, -0.25) is 4.79 Å². The van der Waals surface area contributed by atoms with Crippen molar-refractivity contribution in [2.75, 3.05) is 19.7 Å². The summed E-state index contributed by atoms with van der Waals surface area (Å²) < 4.78 is 7.57. The third kappa shape index (κ3) is 3.10. The van der Waals surface area contributed by atoms with Gasteiger partial charge in [-0.25, -0.2) is 9.50 Å². The molecule has 3 aromatic rings. The van der Waals surface area contributed by atoms with Crippen molar-refractivity contribution in [3.8, 4) is 0 Å². The standard InChI is InChI=1S/C18H19N5O2/c1-18(14-6-3-2-4-7-14)13-22(10-11-25-18)16(24)12-15-20-17-19-8-5-9-23(17)21-15/h2-9H,10-13H2,1H3. The lowest BCUT2D eigenvalue weighted by Crippen LogP contribution is -2.50. The van der Waals surface area contributed by atoms with Crippen LogP contribution in [0.2, 0.25) is 0 Å². The Labute approximate surface area is 145 Å². The average molecular weight is 337 g/mol. The van der Waals surface area contributed by atoms with E-state index in [1.54, 1.807) is 23.0 Å². The minimum atomic E-state index is -0.497. The first-order valence-corrected chi connectivity index (χ1v) is 8.28. The third-order valence-electron chi connectivity index (χ3n) is 4.48. The topological polar surface area (TPSA) is 72.6 Å². The normalized spacial score (nSPS) is 20.8. The summed E-state index contributed by atoms with van der Waals surface area (Å²) in [6.45, 7) is 3.63. The van der Waals surface area contributed by atoms with E-state index in [1.165, 1.54) is 0 Å². The Morgan fingerprint density at radius 2 is 2.12 bits per heavy atom. The number of benzene rings is 1. The van der Waals surface area contributed by atoms with E-state index in [0.717, 1.165) is 5.56 Å². The van der Waals surface area contributed by atoms with Crippen molar-refractivity contribution >= 4 is 11.7 Å². The molecule has 1 unspecified atom stereocenters. The lowest BCUT2D eigenvalue weighted by atomic mass is 9.93. The van der Waals surface area contributed by atoms with Crippen LogP contribution in [-0.2, 0) is 21.6 Å². The van der Waals surface area contributed by atoms with Crippen molar-refractivity contribution in [1.29, 1.82) is 0 Å². The van der Waals surface area contributed by atoms with Crippen LogP contribution in [0.4, 0.5) is 0 Å². The highest BCUT2D eigenvalue weighted by atomic mass is 16.5. The average Bonchev–Trinajstić information content (AvgIpc) is 3.05. The van der Waals surface area contributed by atoms with Crippen LogP contribution in [0.3, 0.4) is 0 Å². The summed E-state index contributed by atoms with van der Waals surface area (Å²) >= 11 is 0. The molecule has 7 heteroatoms. The molecule has 0 spiro atoms. The Kier molecular flexibility index (Phi) is 3.93. The third-order valence-corrected chi connectivity index (χ3v) is 4.48. The zero-order valence-corrected chi connectivity index (χ0v) is 14.0. The fourth-order valence-electron chi connectivity index (χ4n) is 3.15. The molecule has 0 bridgehead atoms. The first-order valence-electron chi connectivity index (χ1n) is 8.28. The molecule has 0 aliphatic carbocycles. The maximum absolute atomic E-state index is 12.7. The quantitative estimate of drug-likeness (QED) is 0.723. The van der Waals surface area contributed by atoms with Crippen LogP contribution in [0, 0.1) is 0 Å². The molecule has 2 aromatic heterocycles. The van der Waals surface area contributed by atoms with Gasteiger partial charge in [-0.2, -0.15) is 4.98 Å². The molecule has 0 radical (unpaired) electrons. The molecular formula is C18H19N5O2. The molecule has 0 N–H and O–H groups in total. The molecule has 1 atom stereocenters. The fourth-order valence-corrected chi connectivity index (χ4v) is 3.15. The molecule has 1 fully saturated rings. The van der Waals surface area contributed by atoms with Crippen LogP contribution in [0.1, 0.15) is 18.3 Å². The van der Waals surface area contributed by atoms with Crippen LogP contribution in [0.15, 0.2) is 48.8 Å². The maximum Gasteiger partial charge on any atom is 0.252 e. The first-order chi connectivity index (χ1) is 12.1. The molecule has 3 heterocycles. The van der Waals surface area contributed by atoms with E-state index in [2.05, 4.69) is 15.1 Å². The van der Waals surface area contributed by atoms with Gasteiger partial charge < -0.3 is 9.64 Å². The van der Waals surface area contributed by atoms with Crippen LogP contribution in [0.5, 0.6) is 0 Å². The number of carbonyl (C=O) groups excluding carboxylic acids is 1. The van der Waals surface area contributed by atoms with Gasteiger partial charge in [0.2, 0.25) is 5.91 Å². The summed E-state index contributed by atoms with van der Waals surface area (Å²) in [4.78, 5) is 23.0. The Hall–Kier alpha value is -2.80. The number of nitrogens with zero attached hydrogens (tertiary/aromatic N) is 5. The summed E-state index contributed by atoms with van der Waals surface area (Å²) in [6, 6.07) is 11.8. The van der Waals surface area contributed by atoms with Gasteiger partial charge in [-0.1, -0.05) is 30.3 Å². The Morgan fingerprint density at radius 1 is 1.28 bits per heavy atom. The zero-order valence-electron chi connectivity index (χ0n) is 14.0. The number of rotatable bonds is 3. The molecular weight excluding hydrogens is 318 g/mol. The van der Waals surface area contributed by atoms with Gasteiger partial charge in [0, 0.05) is 18.9 Å². The number of hydrogen-bond donors (Lipinski definition) is 0. The van der Waals surface area contributed by atoms with Crippen LogP contribution >= 0.6 is 0 Å². The smallest absolute Gasteiger partial charge is 0.252 e. The summed E-state index contributed by atoms with van der Waals surface area (Å²) in [7, 11) is 0. The highest BCUT2D eigenvalue weighted by Crippen LogP contribution is 2.29. The van der Waals surface area contributed by atoms with E-state index < -0.39 is 5.60 Å². The number of morpholine rings is 1. The lowest BCUT2D eigenvalue weighted by Gasteiger charge is -2.40. The predicted octanol–water partition coefficient (Wildman–Crippen LogP) is 1.44. The minimum Gasteiger partial charge on any atom is -0.367 e. The molecule has 1 saturated heterocycles. The molecule has 25 heavy (non-hydrogen) atoms. The second-order valence-corrected chi connectivity index (χ2v) is 6.33. The van der Waals surface area contributed by atoms with Gasteiger partial charge in [0.25, 0.3) is 5.78 Å². The van der Waals surface area contributed by atoms with Crippen molar-refractivity contribution in [2.45, 2.75) is 18.9 Å². The van der Waals surface area contributed by atoms with Gasteiger partial charge in [0.15, 0.2) is 5.82 Å². The van der Waals surface area contributed by atoms with Gasteiger partial charge in [0.1, 0.15) is 5.60 Å². The Bertz CT molecular complexity index is 862. The zero-order chi connectivity index (χ0) is 17.3. The van der Waals surface area contributed by atoms with Crippen LogP contribution in [0.25, 0.3) is 5.78 Å². The SMILES string of the molecule is CC1(c2ccccc2)CN(C(=O)Cc2nc3ncccn3n2)CCO1. The molecule has 4 rings (SSSR count). The number of hydrogen-bond acceptors (Lipinski definition) is 5. The summed E-state index contributed by atoms with van der Waals surface area (Å²) in [6.07, 6.45) is 3.58. The molecule has 1 aliphatic rings. The molecule has 0 saturated carbocycles. The molecule has 128 valence electrons. The first kappa shape index (κ1) is 15.7. The second kappa shape index (κ2) is 6.25. The highest BCUT2D eigenvalue weighted by Gasteiger charge is 2.35. The number of carbonyl (C=O) groups is 1. The van der Waals surface area contributed by atoms with E-state index in [1.807, 2.05) is 42.2 Å². The van der Waals surface area contributed by atoms with Gasteiger partial charge in [-0.15, -0.1) is 5.10 Å². The van der Waals surface area contributed by atoms with Crippen LogP contribution in [-0.4, -0.2) is 50.1 Å². The number of fused-ring (bicyclic) bond motifs is 1. The van der Waals surface area contributed by atoms with Gasteiger partial charge >= 0.3 is 0 Å². The fraction of sp³-hybridized carbons (Fsp3) is 0.333. The maximum atomic E-state index is 12.7. The van der Waals surface area contributed by atoms with Crippen molar-refractivity contribution in [2.24, 2.45) is 0 Å². The van der Waals surface area contributed by atoms with Crippen molar-refractivity contribution in [1.82, 2.24) is 24.5 Å². The predicted molar refractivity (Wildman–Crippen MR) is 90.8 cm³/mol. The van der Waals surface area contributed by atoms with Gasteiger partial charge in [0.05, 0.1) is 19.6 Å². The lowest BCUT2D eigenvalue weighted by molar-refractivity contribution is -0.149. The molecule has 1 aromatic carbocycles. The van der Waals surface area contributed by atoms with Gasteiger partial charge in [-0.05, 0) is 18.6 Å². The van der Waals surface area contributed by atoms with Crippen molar-refractivity contribution < 1.29 is 9.53 Å². The van der Waals surface area contributed by atoms with Crippen molar-refractivity contribution in [3.05, 3.63) is 60.2 Å². The monoisotopic (exact) mass is 337 g/mol. The molecule has 7 nitrogen and oxygen atoms in total. The number of amides is 1. The van der Waals surface area contributed by atoms with E-state index >= 15 is 0 Å². The molecule has 1 amide bonds. The van der Waals surface area contributed by atoms with E-state index in [4.69, 9.17) is 4.74 Å². The Balaban J connectivity index is 1.50. The molecule has 1 aliphatic heterocycles. The number of ether oxygens (including phenoxy) is 1. The minimum absolute atomic E-state index is 0.00126. The Morgan fingerprint density at radius 3 is 2.92 bits per heavy atom. The second-order valence-electron chi connectivity index (χ2n) is 6.33. The summed E-state index contributed by atoms with van der Waals surface area (Å²) in [5.74, 6) is 0.986. The largest absolute Gasteiger partial charge is 0.367 e. The van der Waals surface area contributed by atoms with E-state index in [-0.39, 0.29) is 12.3 Å². The van der Waals surface area contributed by atoms with E-state index in [9.17, 15) is 4.79 Å². The summed E-state index contributed by atoms with van der Waals surface area (Å²) in [5, 5.41) is 4.31. The summed E-state index contributed by atoms with van der Waals surface area (Å²) in [5.41, 5.74) is 0.575. The van der Waals surface area contributed by atoms with Crippen molar-refractivity contribution in [3.63, 3.8) is 0 Å². The van der Waals surface area contributed by atoms with Crippen LogP contribution < -0.4 is 0 Å².